The fraction of sp³-hybridized carbons (Fsp3) is 0.316. The van der Waals surface area contributed by atoms with Gasteiger partial charge in [-0.05, 0) is 51.0 Å². The second-order valence-corrected chi connectivity index (χ2v) is 6.50. The summed E-state index contributed by atoms with van der Waals surface area (Å²) in [5.74, 6) is -0.467. The van der Waals surface area contributed by atoms with Gasteiger partial charge in [0.25, 0.3) is 5.91 Å². The predicted octanol–water partition coefficient (Wildman–Crippen LogP) is 3.69. The van der Waals surface area contributed by atoms with E-state index in [4.69, 9.17) is 0 Å². The van der Waals surface area contributed by atoms with Crippen molar-refractivity contribution in [3.63, 3.8) is 0 Å². The first-order valence-corrected chi connectivity index (χ1v) is 8.43. The molecule has 1 N–H and O–H groups in total. The topological polar surface area (TPSA) is 61.9 Å². The Morgan fingerprint density at radius 1 is 1.32 bits per heavy atom. The Morgan fingerprint density at radius 3 is 2.92 bits per heavy atom. The lowest BCUT2D eigenvalue weighted by Gasteiger charge is -2.25. The van der Waals surface area contributed by atoms with E-state index < -0.39 is 0 Å². The molecule has 3 heterocycles. The number of halogens is 1. The summed E-state index contributed by atoms with van der Waals surface area (Å²) in [5.41, 5.74) is 3.86. The maximum absolute atomic E-state index is 14.0. The first kappa shape index (κ1) is 15.7. The first-order valence-electron chi connectivity index (χ1n) is 8.43. The Labute approximate surface area is 144 Å². The number of aryl methyl sites for hydroxylation is 2. The van der Waals surface area contributed by atoms with Gasteiger partial charge in [-0.15, -0.1) is 0 Å². The van der Waals surface area contributed by atoms with E-state index in [1.54, 1.807) is 18.3 Å². The van der Waals surface area contributed by atoms with Gasteiger partial charge < -0.3 is 4.90 Å². The highest BCUT2D eigenvalue weighted by molar-refractivity contribution is 6.05. The van der Waals surface area contributed by atoms with Crippen LogP contribution in [0.2, 0.25) is 0 Å². The zero-order valence-electron chi connectivity index (χ0n) is 14.2. The molecule has 2 aromatic heterocycles. The largest absolute Gasteiger partial charge is 0.331 e. The summed E-state index contributed by atoms with van der Waals surface area (Å²) in [6.07, 6.45) is 3.43. The van der Waals surface area contributed by atoms with Gasteiger partial charge in [-0.3, -0.25) is 14.9 Å². The van der Waals surface area contributed by atoms with Crippen molar-refractivity contribution >= 4 is 16.8 Å². The summed E-state index contributed by atoms with van der Waals surface area (Å²) in [4.78, 5) is 19.4. The Bertz CT molecular complexity index is 946. The number of pyridine rings is 1. The molecule has 6 heteroatoms. The van der Waals surface area contributed by atoms with Crippen LogP contribution < -0.4 is 0 Å². The number of benzene rings is 1. The molecule has 0 aliphatic carbocycles. The number of aromatic nitrogens is 3. The summed E-state index contributed by atoms with van der Waals surface area (Å²) < 4.78 is 14.0. The Balaban J connectivity index is 1.77. The van der Waals surface area contributed by atoms with E-state index in [0.717, 1.165) is 29.8 Å². The quantitative estimate of drug-likeness (QED) is 0.775. The smallest absolute Gasteiger partial charge is 0.256 e. The van der Waals surface area contributed by atoms with E-state index in [1.165, 1.54) is 12.1 Å². The number of aromatic amines is 1. The highest BCUT2D eigenvalue weighted by Crippen LogP contribution is 2.36. The van der Waals surface area contributed by atoms with Gasteiger partial charge in [0.15, 0.2) is 0 Å². The third-order valence-corrected chi connectivity index (χ3v) is 4.98. The van der Waals surface area contributed by atoms with Crippen molar-refractivity contribution < 1.29 is 9.18 Å². The SMILES string of the molecule is Cc1n[nH]c(C)c1C1CCCN1C(=O)c1ccc(F)c2cccnc12. The van der Waals surface area contributed by atoms with Gasteiger partial charge in [-0.1, -0.05) is 0 Å². The van der Waals surface area contributed by atoms with Crippen LogP contribution in [0.25, 0.3) is 10.9 Å². The zero-order chi connectivity index (χ0) is 17.6. The van der Waals surface area contributed by atoms with Crippen LogP contribution in [-0.4, -0.2) is 32.5 Å². The number of likely N-dealkylation sites (tertiary alicyclic amines) is 1. The van der Waals surface area contributed by atoms with Crippen molar-refractivity contribution in [1.82, 2.24) is 20.1 Å². The Kier molecular flexibility index (Phi) is 3.75. The summed E-state index contributed by atoms with van der Waals surface area (Å²) in [5, 5.41) is 7.64. The van der Waals surface area contributed by atoms with Crippen molar-refractivity contribution in [3.8, 4) is 0 Å². The lowest BCUT2D eigenvalue weighted by atomic mass is 10.0. The minimum atomic E-state index is -0.362. The number of H-pyrrole nitrogens is 1. The average molecular weight is 338 g/mol. The zero-order valence-corrected chi connectivity index (χ0v) is 14.2. The molecule has 1 aliphatic rings. The summed E-state index contributed by atoms with van der Waals surface area (Å²) >= 11 is 0. The van der Waals surface area contributed by atoms with Gasteiger partial charge >= 0.3 is 0 Å². The fourth-order valence-electron chi connectivity index (χ4n) is 3.83. The summed E-state index contributed by atoms with van der Waals surface area (Å²) in [7, 11) is 0. The molecule has 3 aromatic rings. The number of carbonyl (C=O) groups is 1. The average Bonchev–Trinajstić information content (AvgIpc) is 3.21. The molecule has 1 atom stereocenters. The van der Waals surface area contributed by atoms with Gasteiger partial charge in [0.1, 0.15) is 5.82 Å². The van der Waals surface area contributed by atoms with Crippen LogP contribution in [0.3, 0.4) is 0 Å². The number of hydrogen-bond donors (Lipinski definition) is 1. The molecule has 0 radical (unpaired) electrons. The van der Waals surface area contributed by atoms with Gasteiger partial charge in [-0.2, -0.15) is 5.10 Å². The number of nitrogens with zero attached hydrogens (tertiary/aromatic N) is 3. The van der Waals surface area contributed by atoms with Crippen LogP contribution in [0.1, 0.15) is 46.2 Å². The molecular weight excluding hydrogens is 319 g/mol. The molecule has 1 unspecified atom stereocenters. The van der Waals surface area contributed by atoms with Crippen LogP contribution in [0.15, 0.2) is 30.5 Å². The van der Waals surface area contributed by atoms with Crippen LogP contribution in [-0.2, 0) is 0 Å². The molecule has 1 amide bonds. The van der Waals surface area contributed by atoms with Crippen LogP contribution >= 0.6 is 0 Å². The number of hydrogen-bond acceptors (Lipinski definition) is 3. The molecule has 0 bridgehead atoms. The van der Waals surface area contributed by atoms with Crippen molar-refractivity contribution in [3.05, 3.63) is 58.8 Å². The van der Waals surface area contributed by atoms with Gasteiger partial charge in [-0.25, -0.2) is 4.39 Å². The number of carbonyl (C=O) groups excluding carboxylic acids is 1. The second-order valence-electron chi connectivity index (χ2n) is 6.50. The van der Waals surface area contributed by atoms with Crippen molar-refractivity contribution in [1.29, 1.82) is 0 Å². The van der Waals surface area contributed by atoms with Crippen LogP contribution in [0.5, 0.6) is 0 Å². The van der Waals surface area contributed by atoms with E-state index in [2.05, 4.69) is 15.2 Å². The molecule has 0 spiro atoms. The lowest BCUT2D eigenvalue weighted by molar-refractivity contribution is 0.0737. The fourth-order valence-corrected chi connectivity index (χ4v) is 3.83. The van der Waals surface area contributed by atoms with E-state index in [-0.39, 0.29) is 17.8 Å². The van der Waals surface area contributed by atoms with E-state index in [0.29, 0.717) is 23.0 Å². The minimum Gasteiger partial charge on any atom is -0.331 e. The van der Waals surface area contributed by atoms with Crippen molar-refractivity contribution in [2.45, 2.75) is 32.7 Å². The molecule has 4 rings (SSSR count). The molecule has 1 aliphatic heterocycles. The Hall–Kier alpha value is -2.76. The van der Waals surface area contributed by atoms with Crippen LogP contribution in [0, 0.1) is 19.7 Å². The molecule has 5 nitrogen and oxygen atoms in total. The molecule has 1 fully saturated rings. The van der Waals surface area contributed by atoms with Crippen molar-refractivity contribution in [2.75, 3.05) is 6.54 Å². The van der Waals surface area contributed by atoms with Crippen molar-refractivity contribution in [2.24, 2.45) is 0 Å². The molecule has 0 saturated carbocycles. The normalized spacial score (nSPS) is 17.4. The monoisotopic (exact) mass is 338 g/mol. The molecule has 1 aromatic carbocycles. The highest BCUT2D eigenvalue weighted by Gasteiger charge is 2.34. The first-order chi connectivity index (χ1) is 12.1. The number of fused-ring (bicyclic) bond motifs is 1. The third kappa shape index (κ3) is 2.49. The van der Waals surface area contributed by atoms with E-state index in [9.17, 15) is 9.18 Å². The van der Waals surface area contributed by atoms with Gasteiger partial charge in [0, 0.05) is 29.4 Å². The van der Waals surface area contributed by atoms with E-state index >= 15 is 0 Å². The van der Waals surface area contributed by atoms with Crippen LogP contribution in [0.4, 0.5) is 4.39 Å². The molecule has 128 valence electrons. The van der Waals surface area contributed by atoms with Gasteiger partial charge in [0.05, 0.1) is 22.8 Å². The predicted molar refractivity (Wildman–Crippen MR) is 92.8 cm³/mol. The maximum Gasteiger partial charge on any atom is 0.256 e. The standard InChI is InChI=1S/C19H19FN4O/c1-11-17(12(2)23-22-11)16-6-4-10-24(16)19(25)14-7-8-15(20)13-5-3-9-21-18(13)14/h3,5,7-9,16H,4,6,10H2,1-2H3,(H,22,23). The second kappa shape index (κ2) is 5.95. The third-order valence-electron chi connectivity index (χ3n) is 4.98. The number of amides is 1. The molecule has 25 heavy (non-hydrogen) atoms. The summed E-state index contributed by atoms with van der Waals surface area (Å²) in [6.45, 7) is 4.61. The Morgan fingerprint density at radius 2 is 2.16 bits per heavy atom. The highest BCUT2D eigenvalue weighted by atomic mass is 19.1. The summed E-state index contributed by atoms with van der Waals surface area (Å²) in [6, 6.07) is 6.21. The lowest BCUT2D eigenvalue weighted by Crippen LogP contribution is -2.31. The maximum atomic E-state index is 14.0. The number of rotatable bonds is 2. The molecular formula is C19H19FN4O. The van der Waals surface area contributed by atoms with E-state index in [1.807, 2.05) is 18.7 Å². The number of nitrogens with one attached hydrogen (secondary N) is 1. The molecule has 1 saturated heterocycles. The van der Waals surface area contributed by atoms with Gasteiger partial charge in [0.2, 0.25) is 0 Å². The minimum absolute atomic E-state index is 0.00457.